The van der Waals surface area contributed by atoms with Crippen LogP contribution >= 0.6 is 0 Å². The molecule has 1 aliphatic heterocycles. The van der Waals surface area contributed by atoms with E-state index in [9.17, 15) is 0 Å². The van der Waals surface area contributed by atoms with Crippen LogP contribution in [0.1, 0.15) is 58.8 Å². The van der Waals surface area contributed by atoms with Crippen LogP contribution in [-0.2, 0) is 0 Å². The van der Waals surface area contributed by atoms with Crippen molar-refractivity contribution in [3.8, 4) is 0 Å². The molecule has 100 valence electrons. The van der Waals surface area contributed by atoms with Gasteiger partial charge in [-0.25, -0.2) is 0 Å². The Balaban J connectivity index is 2.01. The first kappa shape index (κ1) is 13.4. The monoisotopic (exact) mass is 238 g/mol. The van der Waals surface area contributed by atoms with Crippen LogP contribution in [-0.4, -0.2) is 30.1 Å². The highest BCUT2D eigenvalue weighted by Crippen LogP contribution is 2.33. The number of hydrogen-bond donors (Lipinski definition) is 1. The second kappa shape index (κ2) is 6.19. The van der Waals surface area contributed by atoms with Crippen LogP contribution in [0, 0.1) is 11.8 Å². The Labute approximate surface area is 107 Å². The standard InChI is InChI=1S/C15H30N2/c1-12-8-13(2)10-15(9-12)17-7-5-3-4-6-14(17)11-16/h12-15H,3-11,16H2,1-2H3. The molecule has 0 aromatic rings. The zero-order valence-electron chi connectivity index (χ0n) is 11.7. The molecule has 0 aromatic carbocycles. The van der Waals surface area contributed by atoms with Crippen molar-refractivity contribution in [3.05, 3.63) is 0 Å². The number of nitrogens with two attached hydrogens (primary N) is 1. The lowest BCUT2D eigenvalue weighted by Crippen LogP contribution is -2.49. The van der Waals surface area contributed by atoms with Crippen LogP contribution in [0.25, 0.3) is 0 Å². The smallest absolute Gasteiger partial charge is 0.0221 e. The largest absolute Gasteiger partial charge is 0.329 e. The van der Waals surface area contributed by atoms with E-state index in [1.807, 2.05) is 0 Å². The highest BCUT2D eigenvalue weighted by atomic mass is 15.2. The summed E-state index contributed by atoms with van der Waals surface area (Å²) >= 11 is 0. The van der Waals surface area contributed by atoms with E-state index in [0.717, 1.165) is 24.4 Å². The molecular weight excluding hydrogens is 208 g/mol. The van der Waals surface area contributed by atoms with Crippen molar-refractivity contribution in [1.29, 1.82) is 0 Å². The predicted molar refractivity (Wildman–Crippen MR) is 74.0 cm³/mol. The summed E-state index contributed by atoms with van der Waals surface area (Å²) in [7, 11) is 0. The minimum absolute atomic E-state index is 0.667. The van der Waals surface area contributed by atoms with E-state index in [4.69, 9.17) is 5.73 Å². The molecule has 2 nitrogen and oxygen atoms in total. The van der Waals surface area contributed by atoms with Crippen molar-refractivity contribution in [2.45, 2.75) is 70.9 Å². The fraction of sp³-hybridized carbons (Fsp3) is 1.00. The summed E-state index contributed by atoms with van der Waals surface area (Å²) in [5.41, 5.74) is 6.00. The third kappa shape index (κ3) is 3.45. The number of likely N-dealkylation sites (tertiary alicyclic amines) is 1. The van der Waals surface area contributed by atoms with Gasteiger partial charge in [0.15, 0.2) is 0 Å². The molecule has 3 unspecified atom stereocenters. The number of nitrogens with zero attached hydrogens (tertiary/aromatic N) is 1. The molecule has 1 saturated heterocycles. The first-order chi connectivity index (χ1) is 8.20. The van der Waals surface area contributed by atoms with Crippen molar-refractivity contribution in [2.24, 2.45) is 17.6 Å². The van der Waals surface area contributed by atoms with Gasteiger partial charge in [-0.1, -0.05) is 26.7 Å². The highest BCUT2D eigenvalue weighted by molar-refractivity contribution is 4.87. The van der Waals surface area contributed by atoms with E-state index in [2.05, 4.69) is 18.7 Å². The topological polar surface area (TPSA) is 29.3 Å². The van der Waals surface area contributed by atoms with Gasteiger partial charge in [0, 0.05) is 18.6 Å². The third-order valence-electron chi connectivity index (χ3n) is 4.82. The molecule has 0 aromatic heterocycles. The molecular formula is C15H30N2. The molecule has 0 spiro atoms. The Bertz CT molecular complexity index is 219. The third-order valence-corrected chi connectivity index (χ3v) is 4.82. The highest BCUT2D eigenvalue weighted by Gasteiger charge is 2.32. The minimum atomic E-state index is 0.667. The van der Waals surface area contributed by atoms with Crippen LogP contribution in [0.4, 0.5) is 0 Å². The fourth-order valence-corrected chi connectivity index (χ4v) is 4.11. The maximum absolute atomic E-state index is 6.00. The maximum Gasteiger partial charge on any atom is 0.0221 e. The zero-order valence-corrected chi connectivity index (χ0v) is 11.7. The van der Waals surface area contributed by atoms with Crippen LogP contribution in [0.15, 0.2) is 0 Å². The summed E-state index contributed by atoms with van der Waals surface area (Å²) in [6, 6.07) is 1.49. The molecule has 2 N–H and O–H groups in total. The van der Waals surface area contributed by atoms with E-state index >= 15 is 0 Å². The van der Waals surface area contributed by atoms with E-state index in [1.165, 1.54) is 51.5 Å². The number of hydrogen-bond acceptors (Lipinski definition) is 2. The van der Waals surface area contributed by atoms with Crippen LogP contribution in [0.2, 0.25) is 0 Å². The Morgan fingerprint density at radius 3 is 2.35 bits per heavy atom. The summed E-state index contributed by atoms with van der Waals surface area (Å²) in [5, 5.41) is 0. The van der Waals surface area contributed by atoms with Gasteiger partial charge >= 0.3 is 0 Å². The summed E-state index contributed by atoms with van der Waals surface area (Å²) in [6.45, 7) is 7.01. The molecule has 17 heavy (non-hydrogen) atoms. The molecule has 1 saturated carbocycles. The zero-order chi connectivity index (χ0) is 12.3. The molecule has 2 aliphatic rings. The van der Waals surface area contributed by atoms with Crippen LogP contribution in [0.3, 0.4) is 0 Å². The van der Waals surface area contributed by atoms with Crippen molar-refractivity contribution in [2.75, 3.05) is 13.1 Å². The van der Waals surface area contributed by atoms with Gasteiger partial charge in [-0.15, -0.1) is 0 Å². The van der Waals surface area contributed by atoms with Gasteiger partial charge in [0.25, 0.3) is 0 Å². The molecule has 0 bridgehead atoms. The lowest BCUT2D eigenvalue weighted by molar-refractivity contribution is 0.0755. The molecule has 0 amide bonds. The molecule has 2 heteroatoms. The quantitative estimate of drug-likeness (QED) is 0.801. The van der Waals surface area contributed by atoms with E-state index < -0.39 is 0 Å². The second-order valence-electron chi connectivity index (χ2n) is 6.55. The Hall–Kier alpha value is -0.0800. The van der Waals surface area contributed by atoms with Gasteiger partial charge in [-0.2, -0.15) is 0 Å². The maximum atomic E-state index is 6.00. The summed E-state index contributed by atoms with van der Waals surface area (Å²) in [4.78, 5) is 2.78. The minimum Gasteiger partial charge on any atom is -0.329 e. The predicted octanol–water partition coefficient (Wildman–Crippen LogP) is 3.01. The molecule has 0 radical (unpaired) electrons. The average molecular weight is 238 g/mol. The second-order valence-corrected chi connectivity index (χ2v) is 6.55. The SMILES string of the molecule is CC1CC(C)CC(N2CCCCCC2CN)C1. The van der Waals surface area contributed by atoms with E-state index in [0.29, 0.717) is 6.04 Å². The fourth-order valence-electron chi connectivity index (χ4n) is 4.11. The Morgan fingerprint density at radius 2 is 1.71 bits per heavy atom. The molecule has 2 rings (SSSR count). The van der Waals surface area contributed by atoms with E-state index in [1.54, 1.807) is 0 Å². The lowest BCUT2D eigenvalue weighted by Gasteiger charge is -2.42. The normalized spacial score (nSPS) is 41.1. The lowest BCUT2D eigenvalue weighted by atomic mass is 9.79. The summed E-state index contributed by atoms with van der Waals surface area (Å²) in [5.74, 6) is 1.82. The molecule has 1 aliphatic carbocycles. The van der Waals surface area contributed by atoms with Crippen LogP contribution < -0.4 is 5.73 Å². The van der Waals surface area contributed by atoms with Gasteiger partial charge < -0.3 is 5.73 Å². The van der Waals surface area contributed by atoms with Gasteiger partial charge in [0.2, 0.25) is 0 Å². The first-order valence-corrected chi connectivity index (χ1v) is 7.66. The van der Waals surface area contributed by atoms with Gasteiger partial charge in [-0.3, -0.25) is 4.90 Å². The molecule has 3 atom stereocenters. The summed E-state index contributed by atoms with van der Waals surface area (Å²) < 4.78 is 0. The van der Waals surface area contributed by atoms with Crippen molar-refractivity contribution in [3.63, 3.8) is 0 Å². The Morgan fingerprint density at radius 1 is 1.00 bits per heavy atom. The Kier molecular flexibility index (Phi) is 4.87. The van der Waals surface area contributed by atoms with Crippen LogP contribution in [0.5, 0.6) is 0 Å². The number of rotatable bonds is 2. The summed E-state index contributed by atoms with van der Waals surface area (Å²) in [6.07, 6.45) is 9.74. The van der Waals surface area contributed by atoms with Gasteiger partial charge in [0.05, 0.1) is 0 Å². The van der Waals surface area contributed by atoms with Gasteiger partial charge in [-0.05, 0) is 50.5 Å². The average Bonchev–Trinajstić information content (AvgIpc) is 2.52. The van der Waals surface area contributed by atoms with Gasteiger partial charge in [0.1, 0.15) is 0 Å². The van der Waals surface area contributed by atoms with E-state index in [-0.39, 0.29) is 0 Å². The molecule has 2 fully saturated rings. The van der Waals surface area contributed by atoms with Crippen molar-refractivity contribution < 1.29 is 0 Å². The molecule has 1 heterocycles. The van der Waals surface area contributed by atoms with Crippen molar-refractivity contribution in [1.82, 2.24) is 4.90 Å². The van der Waals surface area contributed by atoms with Crippen molar-refractivity contribution >= 4 is 0 Å². The first-order valence-electron chi connectivity index (χ1n) is 7.66.